The second-order valence-electron chi connectivity index (χ2n) is 7.08. The molecule has 144 valence electrons. The fourth-order valence-electron chi connectivity index (χ4n) is 3.58. The molecule has 2 aromatic rings. The van der Waals surface area contributed by atoms with Crippen LogP contribution >= 0.6 is 35.0 Å². The van der Waals surface area contributed by atoms with Crippen molar-refractivity contribution in [3.8, 4) is 0 Å². The van der Waals surface area contributed by atoms with Gasteiger partial charge in [-0.05, 0) is 48.1 Å². The first kappa shape index (κ1) is 20.6. The Morgan fingerprint density at radius 2 is 1.85 bits per heavy atom. The van der Waals surface area contributed by atoms with Crippen molar-refractivity contribution >= 4 is 40.9 Å². The van der Waals surface area contributed by atoms with E-state index in [1.54, 1.807) is 11.8 Å². The molecule has 1 amide bonds. The van der Waals surface area contributed by atoms with E-state index in [2.05, 4.69) is 5.32 Å². The number of amides is 1. The zero-order valence-corrected chi connectivity index (χ0v) is 17.6. The van der Waals surface area contributed by atoms with Gasteiger partial charge in [0.1, 0.15) is 0 Å². The van der Waals surface area contributed by atoms with Gasteiger partial charge < -0.3 is 5.32 Å². The van der Waals surface area contributed by atoms with Gasteiger partial charge in [-0.15, -0.1) is 11.8 Å². The third-order valence-electron chi connectivity index (χ3n) is 5.03. The highest BCUT2D eigenvalue weighted by Gasteiger charge is 2.20. The molecule has 1 atom stereocenters. The first-order valence-electron chi connectivity index (χ1n) is 9.51. The number of hydrogen-bond donors (Lipinski definition) is 1. The van der Waals surface area contributed by atoms with Gasteiger partial charge in [0.2, 0.25) is 5.91 Å². The molecular formula is C22H25Cl2NOS. The molecule has 1 saturated carbocycles. The molecule has 0 aliphatic heterocycles. The number of hydrogen-bond acceptors (Lipinski definition) is 2. The Bertz CT molecular complexity index is 761. The van der Waals surface area contributed by atoms with Crippen molar-refractivity contribution in [1.82, 2.24) is 5.32 Å². The molecule has 0 radical (unpaired) electrons. The van der Waals surface area contributed by atoms with E-state index in [-0.39, 0.29) is 11.2 Å². The number of carbonyl (C=O) groups is 1. The van der Waals surface area contributed by atoms with Gasteiger partial charge in [0.15, 0.2) is 0 Å². The summed E-state index contributed by atoms with van der Waals surface area (Å²) in [6.45, 7) is 0.799. The molecular weight excluding hydrogens is 397 g/mol. The van der Waals surface area contributed by atoms with E-state index in [0.717, 1.165) is 17.7 Å². The second kappa shape index (κ2) is 10.4. The molecule has 1 aliphatic rings. The van der Waals surface area contributed by atoms with Crippen molar-refractivity contribution in [2.45, 2.75) is 37.4 Å². The number of halogens is 2. The van der Waals surface area contributed by atoms with E-state index in [9.17, 15) is 4.79 Å². The van der Waals surface area contributed by atoms with Gasteiger partial charge in [0.25, 0.3) is 0 Å². The molecule has 0 saturated heterocycles. The molecule has 0 bridgehead atoms. The zero-order chi connectivity index (χ0) is 19.1. The van der Waals surface area contributed by atoms with Crippen molar-refractivity contribution in [2.75, 3.05) is 12.3 Å². The van der Waals surface area contributed by atoms with Gasteiger partial charge in [0.05, 0.1) is 11.0 Å². The maximum absolute atomic E-state index is 12.4. The highest BCUT2D eigenvalue weighted by atomic mass is 35.5. The van der Waals surface area contributed by atoms with E-state index in [0.29, 0.717) is 21.7 Å². The minimum atomic E-state index is -0.0298. The van der Waals surface area contributed by atoms with Gasteiger partial charge in [-0.1, -0.05) is 72.8 Å². The van der Waals surface area contributed by atoms with Crippen LogP contribution in [0.15, 0.2) is 48.5 Å². The first-order chi connectivity index (χ1) is 13.1. The Balaban J connectivity index is 1.65. The lowest BCUT2D eigenvalue weighted by atomic mass is 9.89. The Morgan fingerprint density at radius 3 is 2.59 bits per heavy atom. The third kappa shape index (κ3) is 6.17. The van der Waals surface area contributed by atoms with Crippen molar-refractivity contribution in [1.29, 1.82) is 0 Å². The zero-order valence-electron chi connectivity index (χ0n) is 15.3. The highest BCUT2D eigenvalue weighted by Crippen LogP contribution is 2.39. The maximum atomic E-state index is 12.4. The number of rotatable bonds is 7. The largest absolute Gasteiger partial charge is 0.355 e. The van der Waals surface area contributed by atoms with Gasteiger partial charge in [-0.3, -0.25) is 4.79 Å². The molecule has 1 N–H and O–H groups in total. The fraction of sp³-hybridized carbons (Fsp3) is 0.409. The topological polar surface area (TPSA) is 29.1 Å². The summed E-state index contributed by atoms with van der Waals surface area (Å²) in [5.41, 5.74) is 2.06. The highest BCUT2D eigenvalue weighted by molar-refractivity contribution is 8.00. The Kier molecular flexibility index (Phi) is 7.93. The summed E-state index contributed by atoms with van der Waals surface area (Å²) in [5, 5.41) is 4.48. The van der Waals surface area contributed by atoms with Crippen LogP contribution < -0.4 is 5.32 Å². The van der Waals surface area contributed by atoms with Crippen molar-refractivity contribution in [2.24, 2.45) is 5.92 Å². The van der Waals surface area contributed by atoms with Crippen LogP contribution in [0, 0.1) is 5.92 Å². The van der Waals surface area contributed by atoms with Crippen LogP contribution in [-0.4, -0.2) is 18.2 Å². The smallest absolute Gasteiger partial charge is 0.230 e. The number of thioether (sulfide) groups is 1. The Morgan fingerprint density at radius 1 is 1.07 bits per heavy atom. The molecule has 27 heavy (non-hydrogen) atoms. The minimum absolute atomic E-state index is 0.0298. The molecule has 5 heteroatoms. The maximum Gasteiger partial charge on any atom is 0.230 e. The molecule has 0 spiro atoms. The van der Waals surface area contributed by atoms with E-state index in [4.69, 9.17) is 23.2 Å². The average molecular weight is 422 g/mol. The van der Waals surface area contributed by atoms with Crippen LogP contribution in [-0.2, 0) is 4.79 Å². The van der Waals surface area contributed by atoms with Gasteiger partial charge in [-0.2, -0.15) is 0 Å². The summed E-state index contributed by atoms with van der Waals surface area (Å²) in [6, 6.07) is 15.6. The summed E-state index contributed by atoms with van der Waals surface area (Å²) in [4.78, 5) is 12.4. The van der Waals surface area contributed by atoms with Gasteiger partial charge in [-0.25, -0.2) is 0 Å². The second-order valence-corrected chi connectivity index (χ2v) is 9.01. The number of carbonyl (C=O) groups excluding carboxylic acids is 1. The van der Waals surface area contributed by atoms with Crippen LogP contribution in [0.3, 0.4) is 0 Å². The fourth-order valence-corrected chi connectivity index (χ4v) is 5.23. The molecule has 0 aromatic heterocycles. The predicted octanol–water partition coefficient (Wildman–Crippen LogP) is 6.51. The monoisotopic (exact) mass is 421 g/mol. The lowest BCUT2D eigenvalue weighted by Crippen LogP contribution is -2.31. The summed E-state index contributed by atoms with van der Waals surface area (Å²) in [6.07, 6.45) is 6.38. The van der Waals surface area contributed by atoms with Gasteiger partial charge in [0, 0.05) is 16.6 Å². The van der Waals surface area contributed by atoms with E-state index >= 15 is 0 Å². The van der Waals surface area contributed by atoms with Crippen molar-refractivity contribution < 1.29 is 4.79 Å². The Labute approximate surface area is 176 Å². The average Bonchev–Trinajstić information content (AvgIpc) is 2.69. The SMILES string of the molecule is O=C(CSC(c1cccc(Cl)c1)c1ccccc1Cl)NCC1CCCCC1. The Hall–Kier alpha value is -1.16. The lowest BCUT2D eigenvalue weighted by Gasteiger charge is -2.22. The van der Waals surface area contributed by atoms with E-state index < -0.39 is 0 Å². The summed E-state index contributed by atoms with van der Waals surface area (Å²) < 4.78 is 0. The molecule has 1 aliphatic carbocycles. The van der Waals surface area contributed by atoms with Crippen LogP contribution in [0.4, 0.5) is 0 Å². The molecule has 2 nitrogen and oxygen atoms in total. The van der Waals surface area contributed by atoms with Crippen LogP contribution in [0.25, 0.3) is 0 Å². The standard InChI is InChI=1S/C22H25Cl2NOS/c23-18-10-6-9-17(13-18)22(19-11-4-5-12-20(19)24)27-15-21(26)25-14-16-7-2-1-3-8-16/h4-6,9-13,16,22H,1-3,7-8,14-15H2,(H,25,26). The van der Waals surface area contributed by atoms with Gasteiger partial charge >= 0.3 is 0 Å². The van der Waals surface area contributed by atoms with E-state index in [1.807, 2.05) is 48.5 Å². The molecule has 2 aromatic carbocycles. The third-order valence-corrected chi connectivity index (χ3v) is 6.90. The summed E-state index contributed by atoms with van der Waals surface area (Å²) in [7, 11) is 0. The summed E-state index contributed by atoms with van der Waals surface area (Å²) in [5.74, 6) is 1.12. The van der Waals surface area contributed by atoms with Crippen LogP contribution in [0.2, 0.25) is 10.0 Å². The number of benzene rings is 2. The lowest BCUT2D eigenvalue weighted by molar-refractivity contribution is -0.118. The van der Waals surface area contributed by atoms with Crippen LogP contribution in [0.5, 0.6) is 0 Å². The van der Waals surface area contributed by atoms with Crippen molar-refractivity contribution in [3.63, 3.8) is 0 Å². The normalized spacial score (nSPS) is 16.1. The summed E-state index contributed by atoms with van der Waals surface area (Å²) >= 11 is 14.2. The quantitative estimate of drug-likeness (QED) is 0.551. The first-order valence-corrected chi connectivity index (χ1v) is 11.3. The predicted molar refractivity (Wildman–Crippen MR) is 117 cm³/mol. The van der Waals surface area contributed by atoms with Crippen LogP contribution in [0.1, 0.15) is 48.5 Å². The molecule has 1 fully saturated rings. The minimum Gasteiger partial charge on any atom is -0.355 e. The number of nitrogens with one attached hydrogen (secondary N) is 1. The molecule has 3 rings (SSSR count). The molecule has 1 unspecified atom stereocenters. The van der Waals surface area contributed by atoms with Crippen molar-refractivity contribution in [3.05, 3.63) is 69.7 Å². The van der Waals surface area contributed by atoms with E-state index in [1.165, 1.54) is 32.1 Å². The molecule has 0 heterocycles.